The van der Waals surface area contributed by atoms with Gasteiger partial charge in [-0.25, -0.2) is 0 Å². The van der Waals surface area contributed by atoms with Crippen molar-refractivity contribution in [2.45, 2.75) is 20.8 Å². The first-order valence-electron chi connectivity index (χ1n) is 7.61. The second-order valence-corrected chi connectivity index (χ2v) is 4.88. The van der Waals surface area contributed by atoms with Gasteiger partial charge < -0.3 is 19.6 Å². The molecule has 1 aromatic rings. The highest BCUT2D eigenvalue weighted by molar-refractivity contribution is 5.58. The fourth-order valence-electron chi connectivity index (χ4n) is 1.93. The third kappa shape index (κ3) is 7.51. The first kappa shape index (κ1) is 18.8. The molecule has 1 aromatic carbocycles. The van der Waals surface area contributed by atoms with Crippen molar-refractivity contribution >= 4 is 6.21 Å². The highest BCUT2D eigenvalue weighted by atomic mass is 16.6. The lowest BCUT2D eigenvalue weighted by atomic mass is 10.1. The average Bonchev–Trinajstić information content (AvgIpc) is 2.52. The lowest BCUT2D eigenvalue weighted by molar-refractivity contribution is 0.214. The number of allylic oxidation sites excluding steroid dienone is 1. The highest BCUT2D eigenvalue weighted by Gasteiger charge is 2.06. The van der Waals surface area contributed by atoms with Crippen molar-refractivity contribution in [3.63, 3.8) is 0 Å². The van der Waals surface area contributed by atoms with Gasteiger partial charge in [0.2, 0.25) is 0 Å². The number of nitrogens with one attached hydrogen (secondary N) is 1. The summed E-state index contributed by atoms with van der Waals surface area (Å²) in [6, 6.07) is 3.97. The highest BCUT2D eigenvalue weighted by Crippen LogP contribution is 2.28. The Bertz CT molecular complexity index is 528. The summed E-state index contributed by atoms with van der Waals surface area (Å²) in [6.45, 7) is 7.92. The van der Waals surface area contributed by atoms with Gasteiger partial charge in [-0.15, -0.1) is 0 Å². The summed E-state index contributed by atoms with van der Waals surface area (Å²) < 4.78 is 11.4. The molecular formula is C18H26N2O3. The molecule has 0 saturated carbocycles. The van der Waals surface area contributed by atoms with Crippen LogP contribution in [-0.4, -0.2) is 33.0 Å². The Morgan fingerprint density at radius 3 is 2.52 bits per heavy atom. The number of aryl methyl sites for hydroxylation is 2. The van der Waals surface area contributed by atoms with E-state index in [1.807, 2.05) is 51.1 Å². The molecular weight excluding hydrogens is 292 g/mol. The minimum atomic E-state index is 0.577. The van der Waals surface area contributed by atoms with Crippen LogP contribution in [0.15, 0.2) is 41.8 Å². The first-order chi connectivity index (χ1) is 11.2. The summed E-state index contributed by atoms with van der Waals surface area (Å²) >= 11 is 0. The van der Waals surface area contributed by atoms with Gasteiger partial charge in [0, 0.05) is 13.1 Å². The van der Waals surface area contributed by atoms with E-state index >= 15 is 0 Å². The fraction of sp³-hybridized carbons (Fsp3) is 0.389. The molecule has 0 saturated heterocycles. The molecule has 0 aliphatic heterocycles. The molecule has 0 bridgehead atoms. The van der Waals surface area contributed by atoms with Gasteiger partial charge in [0.25, 0.3) is 0 Å². The summed E-state index contributed by atoms with van der Waals surface area (Å²) in [7, 11) is 1.52. The maximum absolute atomic E-state index is 5.73. The lowest BCUT2D eigenvalue weighted by Gasteiger charge is -2.12. The van der Waals surface area contributed by atoms with Crippen molar-refractivity contribution in [1.82, 2.24) is 5.32 Å². The van der Waals surface area contributed by atoms with Gasteiger partial charge in [-0.05, 0) is 50.1 Å². The number of nitrogens with zero attached hydrogens (tertiary/aromatic N) is 1. The van der Waals surface area contributed by atoms with Crippen LogP contribution in [0.4, 0.5) is 0 Å². The van der Waals surface area contributed by atoms with E-state index in [-0.39, 0.29) is 0 Å². The van der Waals surface area contributed by atoms with Gasteiger partial charge in [-0.3, -0.25) is 0 Å². The predicted molar refractivity (Wildman–Crippen MR) is 94.4 cm³/mol. The van der Waals surface area contributed by atoms with E-state index in [0.29, 0.717) is 19.7 Å². The molecule has 23 heavy (non-hydrogen) atoms. The Kier molecular flexibility index (Phi) is 9.24. The van der Waals surface area contributed by atoms with Crippen molar-refractivity contribution in [2.75, 3.05) is 26.8 Å². The summed E-state index contributed by atoms with van der Waals surface area (Å²) in [5, 5.41) is 6.79. The molecule has 0 aromatic heterocycles. The van der Waals surface area contributed by atoms with Crippen molar-refractivity contribution < 1.29 is 14.3 Å². The second kappa shape index (κ2) is 11.3. The van der Waals surface area contributed by atoms with Crippen molar-refractivity contribution in [1.29, 1.82) is 0 Å². The van der Waals surface area contributed by atoms with Crippen molar-refractivity contribution in [3.8, 4) is 11.5 Å². The minimum Gasteiger partial charge on any atom is -0.490 e. The van der Waals surface area contributed by atoms with E-state index < -0.39 is 0 Å². The lowest BCUT2D eigenvalue weighted by Crippen LogP contribution is -2.16. The topological polar surface area (TPSA) is 52.1 Å². The van der Waals surface area contributed by atoms with Gasteiger partial charge in [0.05, 0.1) is 12.5 Å². The predicted octanol–water partition coefficient (Wildman–Crippen LogP) is 3.37. The molecule has 0 aliphatic rings. The van der Waals surface area contributed by atoms with E-state index in [9.17, 15) is 0 Å². The number of hydrogen-bond acceptors (Lipinski definition) is 5. The van der Waals surface area contributed by atoms with Crippen molar-refractivity contribution in [2.24, 2.45) is 5.16 Å². The molecule has 0 unspecified atom stereocenters. The first-order valence-corrected chi connectivity index (χ1v) is 7.61. The SMILES string of the molecule is C/C=C/COc1cc(C)c(O/C=C\CNCC=NOC)c(C)c1. The van der Waals surface area contributed by atoms with E-state index in [4.69, 9.17) is 9.47 Å². The molecule has 0 amide bonds. The number of oxime groups is 1. The number of ether oxygens (including phenoxy) is 2. The Labute approximate surface area is 138 Å². The second-order valence-electron chi connectivity index (χ2n) is 4.88. The summed E-state index contributed by atoms with van der Waals surface area (Å²) in [5.74, 6) is 1.72. The Balaban J connectivity index is 2.48. The van der Waals surface area contributed by atoms with E-state index in [1.165, 1.54) is 7.11 Å². The number of rotatable bonds is 10. The maximum Gasteiger partial charge on any atom is 0.132 e. The third-order valence-corrected chi connectivity index (χ3v) is 2.98. The quantitative estimate of drug-likeness (QED) is 0.236. The Hall–Kier alpha value is -2.27. The van der Waals surface area contributed by atoms with Crippen LogP contribution in [0.25, 0.3) is 0 Å². The molecule has 0 aliphatic carbocycles. The summed E-state index contributed by atoms with van der Waals surface area (Å²) in [4.78, 5) is 4.57. The van der Waals surface area contributed by atoms with Crippen molar-refractivity contribution in [3.05, 3.63) is 47.7 Å². The van der Waals surface area contributed by atoms with Gasteiger partial charge in [0.15, 0.2) is 0 Å². The van der Waals surface area contributed by atoms with Crippen LogP contribution < -0.4 is 14.8 Å². The molecule has 0 atom stereocenters. The number of benzene rings is 1. The molecule has 126 valence electrons. The van der Waals surface area contributed by atoms with Crippen LogP contribution in [0.2, 0.25) is 0 Å². The van der Waals surface area contributed by atoms with E-state index in [2.05, 4.69) is 15.3 Å². The van der Waals surface area contributed by atoms with E-state index in [0.717, 1.165) is 22.6 Å². The van der Waals surface area contributed by atoms with Crippen LogP contribution in [0.3, 0.4) is 0 Å². The zero-order chi connectivity index (χ0) is 16.9. The van der Waals surface area contributed by atoms with Crippen LogP contribution in [0, 0.1) is 13.8 Å². The van der Waals surface area contributed by atoms with Gasteiger partial charge in [0.1, 0.15) is 25.2 Å². The zero-order valence-electron chi connectivity index (χ0n) is 14.3. The Morgan fingerprint density at radius 1 is 1.13 bits per heavy atom. The molecule has 1 N–H and O–H groups in total. The Morgan fingerprint density at radius 2 is 1.87 bits per heavy atom. The average molecular weight is 318 g/mol. The molecule has 5 heteroatoms. The van der Waals surface area contributed by atoms with Gasteiger partial charge in [-0.2, -0.15) is 0 Å². The molecule has 0 heterocycles. The largest absolute Gasteiger partial charge is 0.490 e. The summed E-state index contributed by atoms with van der Waals surface area (Å²) in [6.07, 6.45) is 9.21. The van der Waals surface area contributed by atoms with Crippen LogP contribution in [0.5, 0.6) is 11.5 Å². The minimum absolute atomic E-state index is 0.577. The molecule has 0 spiro atoms. The standard InChI is InChI=1S/C18H26N2O3/c1-5-6-11-22-17-13-15(2)18(16(3)14-17)23-12-7-8-19-9-10-20-21-4/h5-7,10,12-14,19H,8-9,11H2,1-4H3/b6-5+,12-7-,20-10?. The molecule has 1 rings (SSSR count). The van der Waals surface area contributed by atoms with Crippen LogP contribution in [0.1, 0.15) is 18.1 Å². The number of hydrogen-bond donors (Lipinski definition) is 1. The molecule has 0 radical (unpaired) electrons. The zero-order valence-corrected chi connectivity index (χ0v) is 14.3. The van der Waals surface area contributed by atoms with Gasteiger partial charge >= 0.3 is 0 Å². The normalized spacial score (nSPS) is 11.7. The van der Waals surface area contributed by atoms with Crippen LogP contribution >= 0.6 is 0 Å². The van der Waals surface area contributed by atoms with Crippen LogP contribution in [-0.2, 0) is 4.84 Å². The maximum atomic E-state index is 5.73. The molecule has 5 nitrogen and oxygen atoms in total. The van der Waals surface area contributed by atoms with E-state index in [1.54, 1.807) is 12.5 Å². The smallest absolute Gasteiger partial charge is 0.132 e. The van der Waals surface area contributed by atoms with Gasteiger partial charge in [-0.1, -0.05) is 17.3 Å². The fourth-order valence-corrected chi connectivity index (χ4v) is 1.93. The summed E-state index contributed by atoms with van der Waals surface area (Å²) in [5.41, 5.74) is 2.09. The monoisotopic (exact) mass is 318 g/mol. The molecule has 0 fully saturated rings. The third-order valence-electron chi connectivity index (χ3n) is 2.98.